The van der Waals surface area contributed by atoms with E-state index in [0.717, 1.165) is 24.9 Å². The number of anilines is 1. The highest BCUT2D eigenvalue weighted by Crippen LogP contribution is 2.46. The molecule has 1 atom stereocenters. The Bertz CT molecular complexity index is 1010. The highest BCUT2D eigenvalue weighted by atomic mass is 16.5. The maximum Gasteiger partial charge on any atom is 0.228 e. The van der Waals surface area contributed by atoms with Crippen molar-refractivity contribution in [1.82, 2.24) is 4.90 Å². The normalized spacial score (nSPS) is 18.1. The minimum Gasteiger partial charge on any atom is -0.376 e. The molecule has 2 aromatic carbocycles. The average Bonchev–Trinajstić information content (AvgIpc) is 3.10. The molecule has 2 heterocycles. The van der Waals surface area contributed by atoms with Gasteiger partial charge in [-0.1, -0.05) is 48.5 Å². The predicted molar refractivity (Wildman–Crippen MR) is 135 cm³/mol. The van der Waals surface area contributed by atoms with Crippen LogP contribution < -0.4 is 10.6 Å². The molecule has 2 N–H and O–H groups in total. The van der Waals surface area contributed by atoms with Crippen molar-refractivity contribution in [3.05, 3.63) is 65.7 Å². The summed E-state index contributed by atoms with van der Waals surface area (Å²) in [4.78, 5) is 30.5. The summed E-state index contributed by atoms with van der Waals surface area (Å²) in [6.07, 6.45) is 1.95. The van der Waals surface area contributed by atoms with E-state index >= 15 is 0 Å². The third kappa shape index (κ3) is 5.18. The minimum absolute atomic E-state index is 0.000137. The first-order valence-electron chi connectivity index (χ1n) is 12.2. The fourth-order valence-corrected chi connectivity index (χ4v) is 5.32. The number of likely N-dealkylation sites (tertiary alicyclic amines) is 1. The molecule has 182 valence electrons. The minimum atomic E-state index is -0.970. The van der Waals surface area contributed by atoms with E-state index in [9.17, 15) is 9.59 Å². The number of para-hydroxylation sites is 1. The first-order chi connectivity index (χ1) is 16.2. The number of carbonyl (C=O) groups excluding carboxylic acids is 2. The number of benzene rings is 2. The van der Waals surface area contributed by atoms with Crippen LogP contribution in [0.4, 0.5) is 5.69 Å². The quantitative estimate of drug-likeness (QED) is 0.648. The molecular formula is C28H37N3O3. The molecule has 1 fully saturated rings. The van der Waals surface area contributed by atoms with E-state index in [1.54, 1.807) is 13.8 Å². The third-order valence-corrected chi connectivity index (χ3v) is 7.39. The van der Waals surface area contributed by atoms with Crippen LogP contribution in [0, 0.1) is 5.92 Å². The summed E-state index contributed by atoms with van der Waals surface area (Å²) >= 11 is 0. The van der Waals surface area contributed by atoms with E-state index in [2.05, 4.69) is 36.2 Å². The summed E-state index contributed by atoms with van der Waals surface area (Å²) in [6, 6.07) is 18.5. The molecule has 6 heteroatoms. The van der Waals surface area contributed by atoms with E-state index < -0.39 is 11.5 Å². The predicted octanol–water partition coefficient (Wildman–Crippen LogP) is 3.53. The number of piperidine rings is 1. The van der Waals surface area contributed by atoms with E-state index in [4.69, 9.17) is 10.5 Å². The number of likely N-dealkylation sites (N-methyl/N-ethyl adjacent to an activating group) is 1. The van der Waals surface area contributed by atoms with Crippen LogP contribution in [0.15, 0.2) is 54.6 Å². The lowest BCUT2D eigenvalue weighted by Crippen LogP contribution is -2.50. The largest absolute Gasteiger partial charge is 0.376 e. The van der Waals surface area contributed by atoms with Crippen LogP contribution in [0.3, 0.4) is 0 Å². The molecule has 34 heavy (non-hydrogen) atoms. The van der Waals surface area contributed by atoms with Gasteiger partial charge in [0.1, 0.15) is 0 Å². The monoisotopic (exact) mass is 463 g/mol. The summed E-state index contributed by atoms with van der Waals surface area (Å²) in [5, 5.41) is 0. The molecule has 2 aliphatic rings. The number of fused-ring (bicyclic) bond motifs is 2. The Hall–Kier alpha value is -2.70. The van der Waals surface area contributed by atoms with Crippen molar-refractivity contribution in [3.63, 3.8) is 0 Å². The van der Waals surface area contributed by atoms with Crippen LogP contribution in [0.5, 0.6) is 0 Å². The van der Waals surface area contributed by atoms with Crippen molar-refractivity contribution in [2.24, 2.45) is 11.7 Å². The number of rotatable bonds is 8. The lowest BCUT2D eigenvalue weighted by molar-refractivity contribution is -0.142. The van der Waals surface area contributed by atoms with Gasteiger partial charge in [-0.2, -0.15) is 0 Å². The second-order valence-electron chi connectivity index (χ2n) is 10.5. The maximum absolute atomic E-state index is 13.6. The second-order valence-corrected chi connectivity index (χ2v) is 10.5. The van der Waals surface area contributed by atoms with Gasteiger partial charge in [0.05, 0.1) is 24.7 Å². The van der Waals surface area contributed by atoms with Crippen LogP contribution in [-0.2, 0) is 26.3 Å². The van der Waals surface area contributed by atoms with Gasteiger partial charge in [-0.3, -0.25) is 9.59 Å². The molecule has 1 spiro atoms. The number of ketones is 1. The van der Waals surface area contributed by atoms with Gasteiger partial charge in [0.25, 0.3) is 0 Å². The van der Waals surface area contributed by atoms with E-state index in [-0.39, 0.29) is 30.1 Å². The molecule has 2 aliphatic heterocycles. The van der Waals surface area contributed by atoms with Crippen LogP contribution in [-0.4, -0.2) is 55.4 Å². The molecule has 0 aliphatic carbocycles. The second kappa shape index (κ2) is 9.88. The lowest BCUT2D eigenvalue weighted by Gasteiger charge is -2.41. The lowest BCUT2D eigenvalue weighted by atomic mass is 9.74. The first kappa shape index (κ1) is 24.4. The molecule has 0 saturated carbocycles. The molecular weight excluding hydrogens is 426 g/mol. The fourth-order valence-electron chi connectivity index (χ4n) is 5.32. The molecule has 1 saturated heterocycles. The zero-order valence-corrected chi connectivity index (χ0v) is 20.6. The Labute approximate surface area is 203 Å². The highest BCUT2D eigenvalue weighted by molar-refractivity contribution is 5.92. The molecule has 0 aromatic heterocycles. The van der Waals surface area contributed by atoms with E-state index in [1.807, 2.05) is 35.2 Å². The van der Waals surface area contributed by atoms with Gasteiger partial charge in [0.2, 0.25) is 5.91 Å². The van der Waals surface area contributed by atoms with Gasteiger partial charge >= 0.3 is 0 Å². The van der Waals surface area contributed by atoms with Crippen molar-refractivity contribution in [2.45, 2.75) is 50.7 Å². The highest BCUT2D eigenvalue weighted by Gasteiger charge is 2.44. The number of ether oxygens (including phenoxy) is 1. The number of carbonyl (C=O) groups is 2. The molecule has 0 bridgehead atoms. The van der Waals surface area contributed by atoms with E-state index in [1.165, 1.54) is 11.3 Å². The Morgan fingerprint density at radius 1 is 1.06 bits per heavy atom. The van der Waals surface area contributed by atoms with Gasteiger partial charge in [0, 0.05) is 44.2 Å². The van der Waals surface area contributed by atoms with Gasteiger partial charge in [0.15, 0.2) is 5.78 Å². The van der Waals surface area contributed by atoms with Gasteiger partial charge in [-0.05, 0) is 43.9 Å². The third-order valence-electron chi connectivity index (χ3n) is 7.39. The Morgan fingerprint density at radius 3 is 2.38 bits per heavy atom. The summed E-state index contributed by atoms with van der Waals surface area (Å²) in [5.41, 5.74) is 8.90. The number of amides is 1. The Balaban J connectivity index is 1.42. The summed E-state index contributed by atoms with van der Waals surface area (Å²) < 4.78 is 5.91. The summed E-state index contributed by atoms with van der Waals surface area (Å²) in [7, 11) is 2.14. The molecule has 6 nitrogen and oxygen atoms in total. The number of hydrogen-bond donors (Lipinski definition) is 1. The number of nitrogens with two attached hydrogens (primary N) is 1. The van der Waals surface area contributed by atoms with Crippen molar-refractivity contribution < 1.29 is 14.3 Å². The smallest absolute Gasteiger partial charge is 0.228 e. The van der Waals surface area contributed by atoms with E-state index in [0.29, 0.717) is 19.7 Å². The van der Waals surface area contributed by atoms with Crippen LogP contribution in [0.25, 0.3) is 0 Å². The van der Waals surface area contributed by atoms with Crippen molar-refractivity contribution in [3.8, 4) is 0 Å². The molecule has 1 amide bonds. The standard InChI is InChI=1S/C28H37N3O3/c1-27(2,29)25(32)17-22(19-34-18-21-9-5-4-6-10-21)26(33)31-15-13-28(14-16-31)20-30(3)24-12-8-7-11-23(24)28/h4-12,22H,13-20,29H2,1-3H3/t22-/m1/s1. The first-order valence-corrected chi connectivity index (χ1v) is 12.2. The molecule has 2 aromatic rings. The number of nitrogens with zero attached hydrogens (tertiary/aromatic N) is 2. The van der Waals surface area contributed by atoms with Gasteiger partial charge < -0.3 is 20.3 Å². The van der Waals surface area contributed by atoms with Crippen LogP contribution >= 0.6 is 0 Å². The molecule has 4 rings (SSSR count). The zero-order valence-electron chi connectivity index (χ0n) is 20.6. The van der Waals surface area contributed by atoms with Crippen LogP contribution in [0.1, 0.15) is 44.2 Å². The fraction of sp³-hybridized carbons (Fsp3) is 0.500. The van der Waals surface area contributed by atoms with Crippen molar-refractivity contribution >= 4 is 17.4 Å². The Morgan fingerprint density at radius 2 is 1.71 bits per heavy atom. The van der Waals surface area contributed by atoms with Gasteiger partial charge in [-0.15, -0.1) is 0 Å². The Kier molecular flexibility index (Phi) is 7.10. The molecule has 0 unspecified atom stereocenters. The van der Waals surface area contributed by atoms with Crippen molar-refractivity contribution in [2.75, 3.05) is 38.2 Å². The maximum atomic E-state index is 13.6. The molecule has 0 radical (unpaired) electrons. The average molecular weight is 464 g/mol. The summed E-state index contributed by atoms with van der Waals surface area (Å²) in [6.45, 7) is 6.38. The van der Waals surface area contributed by atoms with Gasteiger partial charge in [-0.25, -0.2) is 0 Å². The van der Waals surface area contributed by atoms with Crippen molar-refractivity contribution in [1.29, 1.82) is 0 Å². The summed E-state index contributed by atoms with van der Waals surface area (Å²) in [5.74, 6) is -0.638. The van der Waals surface area contributed by atoms with Crippen LogP contribution in [0.2, 0.25) is 0 Å². The zero-order chi connectivity index (χ0) is 24.3. The SMILES string of the molecule is CN1CC2(CCN(C(=O)[C@@H](COCc3ccccc3)CC(=O)C(C)(C)N)CC2)c2ccccc21. The topological polar surface area (TPSA) is 75.9 Å². The number of Topliss-reactive ketones (excluding diaryl/α,β-unsaturated/α-hetero) is 1. The number of hydrogen-bond acceptors (Lipinski definition) is 5.